The van der Waals surface area contributed by atoms with Crippen LogP contribution in [0.4, 0.5) is 11.4 Å². The van der Waals surface area contributed by atoms with Crippen molar-refractivity contribution in [2.45, 2.75) is 6.92 Å². The Morgan fingerprint density at radius 2 is 1.76 bits per heavy atom. The van der Waals surface area contributed by atoms with Crippen molar-refractivity contribution < 1.29 is 14.5 Å². The molecule has 8 nitrogen and oxygen atoms in total. The summed E-state index contributed by atoms with van der Waals surface area (Å²) in [6, 6.07) is 4.02. The van der Waals surface area contributed by atoms with Gasteiger partial charge in [-0.2, -0.15) is 0 Å². The number of anilines is 1. The summed E-state index contributed by atoms with van der Waals surface area (Å²) >= 11 is 0. The van der Waals surface area contributed by atoms with Gasteiger partial charge in [0.1, 0.15) is 5.69 Å². The molecule has 2 rings (SSSR count). The van der Waals surface area contributed by atoms with Crippen LogP contribution in [-0.4, -0.2) is 52.7 Å². The van der Waals surface area contributed by atoms with Crippen LogP contribution in [0.1, 0.15) is 17.3 Å². The molecule has 0 aliphatic carbocycles. The smallest absolute Gasteiger partial charge is 0.292 e. The number of piperazine rings is 1. The largest absolute Gasteiger partial charge is 0.393 e. The summed E-state index contributed by atoms with van der Waals surface area (Å²) in [4.78, 5) is 37.0. The van der Waals surface area contributed by atoms with E-state index in [2.05, 4.69) is 0 Å². The number of rotatable bonds is 2. The molecule has 0 spiro atoms. The zero-order valence-corrected chi connectivity index (χ0v) is 11.6. The minimum Gasteiger partial charge on any atom is -0.393 e. The monoisotopic (exact) mass is 292 g/mol. The topological polar surface area (TPSA) is 110 Å². The molecule has 0 unspecified atom stereocenters. The molecule has 1 saturated heterocycles. The van der Waals surface area contributed by atoms with Gasteiger partial charge < -0.3 is 15.5 Å². The number of carbonyl (C=O) groups excluding carboxylic acids is 2. The van der Waals surface area contributed by atoms with Crippen LogP contribution in [0.2, 0.25) is 0 Å². The van der Waals surface area contributed by atoms with E-state index in [1.165, 1.54) is 25.1 Å². The lowest BCUT2D eigenvalue weighted by Crippen LogP contribution is -2.50. The van der Waals surface area contributed by atoms with E-state index in [0.717, 1.165) is 0 Å². The van der Waals surface area contributed by atoms with E-state index in [9.17, 15) is 19.7 Å². The molecule has 0 bridgehead atoms. The van der Waals surface area contributed by atoms with Crippen molar-refractivity contribution in [2.75, 3.05) is 31.9 Å². The van der Waals surface area contributed by atoms with Gasteiger partial charge >= 0.3 is 0 Å². The molecule has 112 valence electrons. The molecule has 2 N–H and O–H groups in total. The highest BCUT2D eigenvalue weighted by Crippen LogP contribution is 2.23. The maximum Gasteiger partial charge on any atom is 0.292 e. The van der Waals surface area contributed by atoms with E-state index in [-0.39, 0.29) is 28.8 Å². The number of nitrogen functional groups attached to an aromatic ring is 1. The second kappa shape index (κ2) is 5.78. The number of benzene rings is 1. The number of nitrogens with zero attached hydrogens (tertiary/aromatic N) is 3. The molecule has 0 saturated carbocycles. The lowest BCUT2D eigenvalue weighted by atomic mass is 10.1. The van der Waals surface area contributed by atoms with Gasteiger partial charge in [-0.05, 0) is 12.1 Å². The van der Waals surface area contributed by atoms with E-state index in [0.29, 0.717) is 26.2 Å². The fourth-order valence-electron chi connectivity index (χ4n) is 2.24. The van der Waals surface area contributed by atoms with Crippen LogP contribution in [0, 0.1) is 10.1 Å². The van der Waals surface area contributed by atoms with Crippen LogP contribution in [0.15, 0.2) is 18.2 Å². The van der Waals surface area contributed by atoms with E-state index in [1.54, 1.807) is 9.80 Å². The first-order valence-corrected chi connectivity index (χ1v) is 6.49. The molecule has 1 aliphatic rings. The van der Waals surface area contributed by atoms with Crippen molar-refractivity contribution in [2.24, 2.45) is 0 Å². The highest BCUT2D eigenvalue weighted by Gasteiger charge is 2.24. The quantitative estimate of drug-likeness (QED) is 0.484. The Balaban J connectivity index is 2.13. The maximum atomic E-state index is 12.3. The number of nitro benzene ring substituents is 1. The molecule has 8 heteroatoms. The number of amides is 2. The molecule has 1 aromatic rings. The number of hydrogen-bond donors (Lipinski definition) is 1. The van der Waals surface area contributed by atoms with Crippen molar-refractivity contribution in [3.63, 3.8) is 0 Å². The Morgan fingerprint density at radius 1 is 1.19 bits per heavy atom. The molecule has 1 fully saturated rings. The van der Waals surface area contributed by atoms with Crippen LogP contribution in [0.25, 0.3) is 0 Å². The average Bonchev–Trinajstić information content (AvgIpc) is 2.46. The molecule has 1 aromatic carbocycles. The fraction of sp³-hybridized carbons (Fsp3) is 0.385. The van der Waals surface area contributed by atoms with Crippen molar-refractivity contribution >= 4 is 23.2 Å². The van der Waals surface area contributed by atoms with Crippen molar-refractivity contribution in [3.8, 4) is 0 Å². The minimum atomic E-state index is -0.611. The fourth-order valence-corrected chi connectivity index (χ4v) is 2.24. The van der Waals surface area contributed by atoms with Crippen LogP contribution >= 0.6 is 0 Å². The highest BCUT2D eigenvalue weighted by atomic mass is 16.6. The van der Waals surface area contributed by atoms with E-state index >= 15 is 0 Å². The SMILES string of the molecule is CC(=O)N1CCN(C(=O)c2ccc(N)c([N+](=O)[O-])c2)CC1. The van der Waals surface area contributed by atoms with Gasteiger partial charge in [0.2, 0.25) is 5.91 Å². The Morgan fingerprint density at radius 3 is 2.29 bits per heavy atom. The molecule has 1 heterocycles. The molecule has 1 aliphatic heterocycles. The van der Waals surface area contributed by atoms with Crippen LogP contribution in [0.3, 0.4) is 0 Å². The predicted molar refractivity (Wildman–Crippen MR) is 75.7 cm³/mol. The molecule has 0 atom stereocenters. The molecule has 2 amide bonds. The summed E-state index contributed by atoms with van der Waals surface area (Å²) in [6.45, 7) is 3.25. The molecule has 0 aromatic heterocycles. The summed E-state index contributed by atoms with van der Waals surface area (Å²) in [6.07, 6.45) is 0. The molecular weight excluding hydrogens is 276 g/mol. The lowest BCUT2D eigenvalue weighted by Gasteiger charge is -2.34. The third-order valence-corrected chi connectivity index (χ3v) is 3.49. The summed E-state index contributed by atoms with van der Waals surface area (Å²) in [7, 11) is 0. The Hall–Kier alpha value is -2.64. The van der Waals surface area contributed by atoms with Crippen molar-refractivity contribution in [1.82, 2.24) is 9.80 Å². The van der Waals surface area contributed by atoms with E-state index < -0.39 is 4.92 Å². The average molecular weight is 292 g/mol. The minimum absolute atomic E-state index is 0.0229. The number of carbonyl (C=O) groups is 2. The number of nitro groups is 1. The summed E-state index contributed by atoms with van der Waals surface area (Å²) in [5.41, 5.74) is 5.49. The predicted octanol–water partition coefficient (Wildman–Crippen LogP) is 0.481. The maximum absolute atomic E-state index is 12.3. The Labute approximate surface area is 121 Å². The first kappa shape index (κ1) is 14.8. The second-order valence-electron chi connectivity index (χ2n) is 4.83. The zero-order valence-electron chi connectivity index (χ0n) is 11.6. The van der Waals surface area contributed by atoms with Gasteiger partial charge in [-0.1, -0.05) is 0 Å². The van der Waals surface area contributed by atoms with Gasteiger partial charge in [0, 0.05) is 44.7 Å². The normalized spacial score (nSPS) is 14.9. The Kier molecular flexibility index (Phi) is 4.06. The first-order valence-electron chi connectivity index (χ1n) is 6.49. The van der Waals surface area contributed by atoms with E-state index in [1.807, 2.05) is 0 Å². The molecule has 21 heavy (non-hydrogen) atoms. The van der Waals surface area contributed by atoms with Gasteiger partial charge in [-0.25, -0.2) is 0 Å². The number of nitrogens with two attached hydrogens (primary N) is 1. The van der Waals surface area contributed by atoms with Crippen LogP contribution in [0.5, 0.6) is 0 Å². The van der Waals surface area contributed by atoms with Gasteiger partial charge in [0.15, 0.2) is 0 Å². The van der Waals surface area contributed by atoms with Gasteiger partial charge in [-0.15, -0.1) is 0 Å². The third-order valence-electron chi connectivity index (χ3n) is 3.49. The molecule has 0 radical (unpaired) electrons. The first-order chi connectivity index (χ1) is 9.90. The van der Waals surface area contributed by atoms with Crippen LogP contribution in [-0.2, 0) is 4.79 Å². The summed E-state index contributed by atoms with van der Waals surface area (Å²) in [5, 5.41) is 10.8. The van der Waals surface area contributed by atoms with Gasteiger partial charge in [-0.3, -0.25) is 19.7 Å². The summed E-state index contributed by atoms with van der Waals surface area (Å²) < 4.78 is 0. The van der Waals surface area contributed by atoms with Crippen molar-refractivity contribution in [3.05, 3.63) is 33.9 Å². The summed E-state index contributed by atoms with van der Waals surface area (Å²) in [5.74, 6) is -0.313. The third kappa shape index (κ3) is 3.10. The lowest BCUT2D eigenvalue weighted by molar-refractivity contribution is -0.383. The van der Waals surface area contributed by atoms with Crippen molar-refractivity contribution in [1.29, 1.82) is 0 Å². The standard InChI is InChI=1S/C13H16N4O4/c1-9(18)15-4-6-16(7-5-15)13(19)10-2-3-11(14)12(8-10)17(20)21/h2-3,8H,4-7,14H2,1H3. The highest BCUT2D eigenvalue weighted by molar-refractivity contribution is 5.95. The van der Waals surface area contributed by atoms with Gasteiger partial charge in [0.05, 0.1) is 4.92 Å². The number of hydrogen-bond acceptors (Lipinski definition) is 5. The van der Waals surface area contributed by atoms with Gasteiger partial charge in [0.25, 0.3) is 11.6 Å². The molecular formula is C13H16N4O4. The van der Waals surface area contributed by atoms with E-state index in [4.69, 9.17) is 5.73 Å². The van der Waals surface area contributed by atoms with Crippen LogP contribution < -0.4 is 5.73 Å². The zero-order chi connectivity index (χ0) is 15.6. The Bertz CT molecular complexity index is 594. The second-order valence-corrected chi connectivity index (χ2v) is 4.83.